The Morgan fingerprint density at radius 3 is 0.662 bits per heavy atom. The van der Waals surface area contributed by atoms with Gasteiger partial charge < -0.3 is 41.7 Å². The molecule has 0 spiro atoms. The van der Waals surface area contributed by atoms with Gasteiger partial charge in [-0.05, 0) is 225 Å². The van der Waals surface area contributed by atoms with Crippen LogP contribution in [0.2, 0.25) is 0 Å². The summed E-state index contributed by atoms with van der Waals surface area (Å²) in [5.74, 6) is 0. The fourth-order valence-electron chi connectivity index (χ4n) is 21.9. The number of benzene rings is 23. The third-order valence-electron chi connectivity index (χ3n) is 28.5. The maximum Gasteiger partial charge on any atom is 0.161 e. The van der Waals surface area contributed by atoms with Gasteiger partial charge in [0.2, 0.25) is 0 Å². The number of rotatable bonds is 16. The second kappa shape index (κ2) is 36.1. The molecule has 0 amide bonds. The first-order chi connectivity index (χ1) is 72.0. The van der Waals surface area contributed by atoms with Crippen molar-refractivity contribution >= 4 is 193 Å². The first-order valence-corrected chi connectivity index (χ1v) is 49.3. The summed E-state index contributed by atoms with van der Waals surface area (Å²) in [6, 6.07) is 194. The van der Waals surface area contributed by atoms with Crippen LogP contribution in [-0.2, 0) is 0 Å². The van der Waals surface area contributed by atoms with Gasteiger partial charge in [-0.25, -0.2) is 0 Å². The van der Waals surface area contributed by atoms with Gasteiger partial charge in [0.1, 0.15) is 33.3 Å². The van der Waals surface area contributed by atoms with E-state index in [2.05, 4.69) is 574 Å². The third-order valence-corrected chi connectivity index (χ3v) is 28.5. The van der Waals surface area contributed by atoms with E-state index in [9.17, 15) is 0 Å². The summed E-state index contributed by atoms with van der Waals surface area (Å²) in [5.41, 5.74) is 34.5. The van der Waals surface area contributed by atoms with E-state index in [1.165, 1.54) is 54.2 Å². The van der Waals surface area contributed by atoms with Crippen LogP contribution in [0.25, 0.3) is 204 Å². The highest BCUT2D eigenvalue weighted by molar-refractivity contribution is 6.22. The summed E-state index contributed by atoms with van der Waals surface area (Å²) >= 11 is 0. The molecule has 29 rings (SSSR count). The van der Waals surface area contributed by atoms with Crippen LogP contribution >= 0.6 is 0 Å². The fourth-order valence-corrected chi connectivity index (χ4v) is 21.9. The van der Waals surface area contributed by atoms with Gasteiger partial charge in [-0.3, -0.25) is 0 Å². The van der Waals surface area contributed by atoms with Crippen LogP contribution in [0.4, 0.5) is 51.2 Å². The Morgan fingerprint density at radius 1 is 0.138 bits per heavy atom. The number of hydrogen-bond donors (Lipinski definition) is 0. The molecule has 0 unspecified atom stereocenters. The zero-order valence-electron chi connectivity index (χ0n) is 78.9. The molecule has 6 aromatic heterocycles. The lowest BCUT2D eigenvalue weighted by atomic mass is 10.0. The van der Waals surface area contributed by atoms with E-state index >= 15 is 0 Å². The lowest BCUT2D eigenvalue weighted by Gasteiger charge is -2.28. The predicted molar refractivity (Wildman–Crippen MR) is 607 cm³/mol. The number of hydrogen-bond acceptors (Lipinski definition) is 6. The number of nitrogens with zero attached hydrogens (tertiary/aromatic N) is 6. The second-order valence-electron chi connectivity index (χ2n) is 36.8. The van der Waals surface area contributed by atoms with Crippen LogP contribution in [0.3, 0.4) is 0 Å². The molecule has 9 nitrogen and oxygen atoms in total. The first kappa shape index (κ1) is 84.8. The number of anilines is 9. The molecule has 0 saturated heterocycles. The Kier molecular flexibility index (Phi) is 21.1. The zero-order chi connectivity index (χ0) is 95.8. The molecule has 682 valence electrons. The van der Waals surface area contributed by atoms with Crippen LogP contribution in [0.5, 0.6) is 0 Å². The van der Waals surface area contributed by atoms with Crippen molar-refractivity contribution in [1.29, 1.82) is 0 Å². The molecule has 0 aliphatic heterocycles. The van der Waals surface area contributed by atoms with Crippen molar-refractivity contribution in [3.8, 4) is 61.6 Å². The minimum absolute atomic E-state index is 0.896. The van der Waals surface area contributed by atoms with E-state index in [1.54, 1.807) is 0 Å². The minimum Gasteiger partial charge on any atom is -0.453 e. The molecule has 0 radical (unpaired) electrons. The summed E-state index contributed by atoms with van der Waals surface area (Å²) in [7, 11) is 0. The summed E-state index contributed by atoms with van der Waals surface area (Å²) in [5, 5.41) is 16.3. The Hall–Kier alpha value is -19.5. The fraction of sp³-hybridized carbons (Fsp3) is 0. The van der Waals surface area contributed by atoms with E-state index in [1.807, 2.05) is 0 Å². The lowest BCUT2D eigenvalue weighted by molar-refractivity contribution is 0.673. The van der Waals surface area contributed by atoms with E-state index in [-0.39, 0.29) is 0 Å². The molecule has 0 atom stereocenters. The highest BCUT2D eigenvalue weighted by atomic mass is 16.3. The molecule has 0 bridgehead atoms. The van der Waals surface area contributed by atoms with E-state index in [0.717, 1.165) is 201 Å². The van der Waals surface area contributed by atoms with Gasteiger partial charge in [-0.2, -0.15) is 0 Å². The van der Waals surface area contributed by atoms with Gasteiger partial charge in [0, 0.05) is 116 Å². The monoisotopic (exact) mass is 1850 g/mol. The second-order valence-corrected chi connectivity index (χ2v) is 36.8. The molecular weight excluding hydrogens is 1770 g/mol. The van der Waals surface area contributed by atoms with Crippen LogP contribution in [0.15, 0.2) is 559 Å². The quantitative estimate of drug-likeness (QED) is 0.0961. The van der Waals surface area contributed by atoms with Crippen molar-refractivity contribution in [3.05, 3.63) is 546 Å². The molecule has 9 heteroatoms. The van der Waals surface area contributed by atoms with Crippen LogP contribution < -0.4 is 14.7 Å². The summed E-state index contributed by atoms with van der Waals surface area (Å²) < 4.78 is 27.4. The van der Waals surface area contributed by atoms with Gasteiger partial charge in [0.05, 0.1) is 39.3 Å². The Balaban J connectivity index is 0.000000108. The Labute approximate surface area is 836 Å². The van der Waals surface area contributed by atoms with Gasteiger partial charge >= 0.3 is 0 Å². The molecule has 23 aromatic carbocycles. The Bertz CT molecular complexity index is 9840. The van der Waals surface area contributed by atoms with Crippen molar-refractivity contribution in [2.24, 2.45) is 0 Å². The van der Waals surface area contributed by atoms with Crippen molar-refractivity contribution in [2.75, 3.05) is 14.7 Å². The minimum atomic E-state index is 0.896. The molecule has 6 heterocycles. The van der Waals surface area contributed by atoms with Crippen molar-refractivity contribution < 1.29 is 13.3 Å². The Morgan fingerprint density at radius 2 is 0.352 bits per heavy atom. The maximum absolute atomic E-state index is 6.83. The molecular formula is C136H90N6O3. The highest BCUT2D eigenvalue weighted by Gasteiger charge is 2.29. The number of furan rings is 3. The molecule has 145 heavy (non-hydrogen) atoms. The van der Waals surface area contributed by atoms with Crippen molar-refractivity contribution in [3.63, 3.8) is 0 Å². The normalized spacial score (nSPS) is 11.6. The van der Waals surface area contributed by atoms with Gasteiger partial charge in [-0.15, -0.1) is 0 Å². The summed E-state index contributed by atoms with van der Waals surface area (Å²) in [4.78, 5) is 7.09. The predicted octanol–water partition coefficient (Wildman–Crippen LogP) is 38.3. The number of para-hydroxylation sites is 10. The first-order valence-electron chi connectivity index (χ1n) is 49.3. The maximum atomic E-state index is 6.83. The number of aromatic nitrogens is 3. The van der Waals surface area contributed by atoms with Gasteiger partial charge in [0.15, 0.2) is 16.7 Å². The van der Waals surface area contributed by atoms with Crippen LogP contribution in [0.1, 0.15) is 0 Å². The standard InChI is InChI=1S/C48H32N2O.C46H30N2O.C42H28N2O/c1-3-13-33(14-4-1)34-25-29-38(30-26-34)49(44-24-11-16-35-15-7-8-19-40(35)44)39-31-27-36(28-32-39)41-21-12-22-43-46-48(51-47(41)43)42-20-9-10-23-45(42)50(46)37-17-5-2-6-18-37;1-2-17-34(18-3-1)48-43-24-9-8-21-39(43)46-44(48)40-23-12-22-38(45(40)49-46)33-27-29-35(30-28-33)47(41-25-10-15-31-13-4-6-19-36(31)41)42-26-11-16-32-14-5-7-20-37(32)42;1-3-15-31(16-4-1)43(38-24-11-14-29-13-7-8-19-34(29)38)33-27-25-30(26-28-33)35-21-12-22-37-40-42(45-41(35)37)36-20-9-10-23-39(36)44(40)32-17-5-2-6-18-32/h1-32H;1-30H;1-28H. The SMILES string of the molecule is c1ccc(-c2ccc(N(c3ccc(-c4cccc5c4oc4c6ccccc6n(-c6ccccc6)c54)cc3)c3cccc4ccccc34)cc2)cc1.c1ccc(-n2c3ccccc3c3oc4c(-c5ccc(N(c6cccc7ccccc67)c6cccc7ccccc67)cc5)cccc4c32)cc1.c1ccc(N(c2ccc(-c3cccc4c3oc3c5ccccc5n(-c5ccccc5)c43)cc2)c2cccc3ccccc23)cc1. The average Bonchev–Trinajstić information content (AvgIpc) is 1.56. The number of fused-ring (bicyclic) bond motifs is 19. The van der Waals surface area contributed by atoms with Gasteiger partial charge in [-0.1, -0.05) is 370 Å². The summed E-state index contributed by atoms with van der Waals surface area (Å²) in [6.07, 6.45) is 0. The molecule has 29 aromatic rings. The highest BCUT2D eigenvalue weighted by Crippen LogP contribution is 2.51. The topological polar surface area (TPSA) is 63.9 Å². The summed E-state index contributed by atoms with van der Waals surface area (Å²) in [6.45, 7) is 0. The van der Waals surface area contributed by atoms with E-state index in [4.69, 9.17) is 13.3 Å². The molecule has 0 N–H and O–H groups in total. The van der Waals surface area contributed by atoms with E-state index < -0.39 is 0 Å². The van der Waals surface area contributed by atoms with Gasteiger partial charge in [0.25, 0.3) is 0 Å². The van der Waals surface area contributed by atoms with Crippen molar-refractivity contribution in [1.82, 2.24) is 13.7 Å². The molecule has 0 fully saturated rings. The van der Waals surface area contributed by atoms with Crippen LogP contribution in [0, 0.1) is 0 Å². The average molecular weight is 1860 g/mol. The molecule has 0 aliphatic rings. The smallest absolute Gasteiger partial charge is 0.161 e. The molecule has 0 saturated carbocycles. The third kappa shape index (κ3) is 14.8. The lowest BCUT2D eigenvalue weighted by Crippen LogP contribution is -2.11. The van der Waals surface area contributed by atoms with Crippen molar-refractivity contribution in [2.45, 2.75) is 0 Å². The largest absolute Gasteiger partial charge is 0.453 e. The van der Waals surface area contributed by atoms with Crippen LogP contribution in [-0.4, -0.2) is 13.7 Å². The zero-order valence-corrected chi connectivity index (χ0v) is 78.9. The molecule has 0 aliphatic carbocycles. The van der Waals surface area contributed by atoms with E-state index in [0.29, 0.717) is 0 Å².